The van der Waals surface area contributed by atoms with E-state index >= 15 is 0 Å². The summed E-state index contributed by atoms with van der Waals surface area (Å²) in [5.74, 6) is 3.49. The average molecular weight is 381 g/mol. The van der Waals surface area contributed by atoms with Gasteiger partial charge in [-0.15, -0.1) is 24.0 Å². The molecule has 2 aliphatic rings. The Morgan fingerprint density at radius 3 is 2.79 bits per heavy atom. The molecule has 1 heterocycles. The van der Waals surface area contributed by atoms with Gasteiger partial charge in [0.25, 0.3) is 0 Å². The van der Waals surface area contributed by atoms with Crippen LogP contribution in [0.2, 0.25) is 0 Å². The molecule has 3 unspecified atom stereocenters. The topological polar surface area (TPSA) is 36.9 Å². The lowest BCUT2D eigenvalue weighted by Crippen LogP contribution is -2.40. The van der Waals surface area contributed by atoms with E-state index in [0.717, 1.165) is 50.6 Å². The van der Waals surface area contributed by atoms with E-state index in [9.17, 15) is 0 Å². The molecule has 2 rings (SSSR count). The maximum Gasteiger partial charge on any atom is 0.193 e. The maximum absolute atomic E-state index is 5.25. The van der Waals surface area contributed by atoms with E-state index in [0.29, 0.717) is 5.92 Å². The lowest BCUT2D eigenvalue weighted by Gasteiger charge is -2.21. The van der Waals surface area contributed by atoms with Gasteiger partial charge < -0.3 is 15.0 Å². The highest BCUT2D eigenvalue weighted by Crippen LogP contribution is 2.37. The zero-order valence-corrected chi connectivity index (χ0v) is 14.7. The Bertz CT molecular complexity index is 298. The van der Waals surface area contributed by atoms with Crippen molar-refractivity contribution in [2.75, 3.05) is 39.9 Å². The van der Waals surface area contributed by atoms with Gasteiger partial charge in [0.05, 0.1) is 6.61 Å². The van der Waals surface area contributed by atoms with Gasteiger partial charge in [0.15, 0.2) is 5.96 Å². The summed E-state index contributed by atoms with van der Waals surface area (Å²) in [5, 5.41) is 3.42. The number of methoxy groups -OCH3 is 1. The minimum Gasteiger partial charge on any atom is -0.384 e. The molecular weight excluding hydrogens is 353 g/mol. The number of nitrogens with one attached hydrogen (secondary N) is 1. The minimum absolute atomic E-state index is 0. The molecule has 2 fully saturated rings. The number of hydrogen-bond acceptors (Lipinski definition) is 2. The second-order valence-corrected chi connectivity index (χ2v) is 5.72. The molecule has 112 valence electrons. The Kier molecular flexibility index (Phi) is 7.42. The van der Waals surface area contributed by atoms with Crippen LogP contribution in [-0.2, 0) is 4.74 Å². The Morgan fingerprint density at radius 2 is 2.21 bits per heavy atom. The zero-order chi connectivity index (χ0) is 13.0. The van der Waals surface area contributed by atoms with Gasteiger partial charge in [0.1, 0.15) is 0 Å². The monoisotopic (exact) mass is 381 g/mol. The summed E-state index contributed by atoms with van der Waals surface area (Å²) >= 11 is 0. The lowest BCUT2D eigenvalue weighted by atomic mass is 10.1. The highest BCUT2D eigenvalue weighted by molar-refractivity contribution is 14.0. The predicted octanol–water partition coefficient (Wildman–Crippen LogP) is 2.19. The number of guanidine groups is 1. The van der Waals surface area contributed by atoms with Crippen molar-refractivity contribution in [2.24, 2.45) is 22.7 Å². The summed E-state index contributed by atoms with van der Waals surface area (Å²) < 4.78 is 5.25. The van der Waals surface area contributed by atoms with Gasteiger partial charge in [-0.05, 0) is 31.6 Å². The van der Waals surface area contributed by atoms with E-state index in [1.807, 2.05) is 0 Å². The van der Waals surface area contributed by atoms with Crippen LogP contribution < -0.4 is 5.32 Å². The van der Waals surface area contributed by atoms with Crippen molar-refractivity contribution in [2.45, 2.75) is 26.7 Å². The summed E-state index contributed by atoms with van der Waals surface area (Å²) in [5.41, 5.74) is 0. The molecule has 19 heavy (non-hydrogen) atoms. The molecule has 4 nitrogen and oxygen atoms in total. The Labute approximate surface area is 134 Å². The number of nitrogens with zero attached hydrogens (tertiary/aromatic N) is 2. The van der Waals surface area contributed by atoms with E-state index in [2.05, 4.69) is 24.1 Å². The van der Waals surface area contributed by atoms with Crippen molar-refractivity contribution in [1.82, 2.24) is 10.2 Å². The van der Waals surface area contributed by atoms with E-state index in [-0.39, 0.29) is 24.0 Å². The highest BCUT2D eigenvalue weighted by Gasteiger charge is 2.32. The minimum atomic E-state index is 0. The van der Waals surface area contributed by atoms with Crippen LogP contribution in [0.25, 0.3) is 0 Å². The van der Waals surface area contributed by atoms with E-state index < -0.39 is 0 Å². The number of rotatable bonds is 5. The van der Waals surface area contributed by atoms with Crippen molar-refractivity contribution in [3.05, 3.63) is 0 Å². The normalized spacial score (nSPS) is 30.2. The van der Waals surface area contributed by atoms with Gasteiger partial charge in [-0.1, -0.05) is 6.92 Å². The first-order chi connectivity index (χ1) is 8.74. The zero-order valence-electron chi connectivity index (χ0n) is 12.4. The molecule has 0 amide bonds. The predicted molar refractivity (Wildman–Crippen MR) is 90.2 cm³/mol. The maximum atomic E-state index is 5.25. The Morgan fingerprint density at radius 1 is 1.47 bits per heavy atom. The van der Waals surface area contributed by atoms with Crippen LogP contribution >= 0.6 is 24.0 Å². The molecule has 1 N–H and O–H groups in total. The van der Waals surface area contributed by atoms with Crippen LogP contribution in [-0.4, -0.2) is 50.8 Å². The molecule has 0 aromatic heterocycles. The molecule has 0 radical (unpaired) electrons. The third-order valence-electron chi connectivity index (χ3n) is 4.07. The van der Waals surface area contributed by atoms with Crippen molar-refractivity contribution in [3.63, 3.8) is 0 Å². The van der Waals surface area contributed by atoms with Gasteiger partial charge >= 0.3 is 0 Å². The SMILES string of the molecule is CCNC(=NCC1CC1C)N1CCC(COC)C1.I. The average Bonchev–Trinajstić information content (AvgIpc) is 2.87. The summed E-state index contributed by atoms with van der Waals surface area (Å²) in [4.78, 5) is 7.18. The van der Waals surface area contributed by atoms with Gasteiger partial charge in [0, 0.05) is 39.2 Å². The van der Waals surface area contributed by atoms with Crippen LogP contribution in [0.5, 0.6) is 0 Å². The van der Waals surface area contributed by atoms with Gasteiger partial charge in [-0.3, -0.25) is 4.99 Å². The molecule has 1 aliphatic heterocycles. The quantitative estimate of drug-likeness (QED) is 0.451. The summed E-state index contributed by atoms with van der Waals surface area (Å²) in [6.07, 6.45) is 2.58. The number of aliphatic imine (C=N–C) groups is 1. The van der Waals surface area contributed by atoms with Crippen molar-refractivity contribution in [3.8, 4) is 0 Å². The van der Waals surface area contributed by atoms with Crippen LogP contribution in [0, 0.1) is 17.8 Å². The fourth-order valence-corrected chi connectivity index (χ4v) is 2.68. The van der Waals surface area contributed by atoms with E-state index in [1.165, 1.54) is 12.8 Å². The molecule has 1 saturated heterocycles. The number of ether oxygens (including phenoxy) is 1. The first-order valence-corrected chi connectivity index (χ1v) is 7.26. The number of hydrogen-bond donors (Lipinski definition) is 1. The third-order valence-corrected chi connectivity index (χ3v) is 4.07. The molecule has 0 bridgehead atoms. The molecule has 0 aromatic rings. The third kappa shape index (κ3) is 5.10. The standard InChI is InChI=1S/C14H27N3O.HI/c1-4-15-14(16-8-13-7-11(13)2)17-6-5-12(9-17)10-18-3;/h11-13H,4-10H2,1-3H3,(H,15,16);1H. The van der Waals surface area contributed by atoms with Crippen LogP contribution in [0.3, 0.4) is 0 Å². The summed E-state index contributed by atoms with van der Waals surface area (Å²) in [7, 11) is 1.79. The highest BCUT2D eigenvalue weighted by atomic mass is 127. The van der Waals surface area contributed by atoms with Crippen molar-refractivity contribution >= 4 is 29.9 Å². The first-order valence-electron chi connectivity index (χ1n) is 7.26. The van der Waals surface area contributed by atoms with Crippen LogP contribution in [0.1, 0.15) is 26.7 Å². The smallest absolute Gasteiger partial charge is 0.193 e. The van der Waals surface area contributed by atoms with E-state index in [4.69, 9.17) is 9.73 Å². The molecular formula is C14H28IN3O. The van der Waals surface area contributed by atoms with Crippen molar-refractivity contribution < 1.29 is 4.74 Å². The largest absolute Gasteiger partial charge is 0.384 e. The first kappa shape index (κ1) is 17.0. The van der Waals surface area contributed by atoms with Crippen LogP contribution in [0.15, 0.2) is 4.99 Å². The summed E-state index contributed by atoms with van der Waals surface area (Å²) in [6.45, 7) is 9.46. The number of likely N-dealkylation sites (tertiary alicyclic amines) is 1. The Balaban J connectivity index is 0.00000180. The molecule has 0 spiro atoms. The second kappa shape index (κ2) is 8.29. The van der Waals surface area contributed by atoms with Crippen LogP contribution in [0.4, 0.5) is 0 Å². The molecule has 1 saturated carbocycles. The van der Waals surface area contributed by atoms with Gasteiger partial charge in [0.2, 0.25) is 0 Å². The molecule has 1 aliphatic carbocycles. The Hall–Kier alpha value is -0.0400. The number of halogens is 1. The van der Waals surface area contributed by atoms with Gasteiger partial charge in [-0.25, -0.2) is 0 Å². The fraction of sp³-hybridized carbons (Fsp3) is 0.929. The molecule has 0 aromatic carbocycles. The fourth-order valence-electron chi connectivity index (χ4n) is 2.68. The lowest BCUT2D eigenvalue weighted by molar-refractivity contribution is 0.157. The second-order valence-electron chi connectivity index (χ2n) is 5.72. The van der Waals surface area contributed by atoms with Gasteiger partial charge in [-0.2, -0.15) is 0 Å². The molecule has 5 heteroatoms. The summed E-state index contributed by atoms with van der Waals surface area (Å²) in [6, 6.07) is 0. The molecule has 3 atom stereocenters. The van der Waals surface area contributed by atoms with E-state index in [1.54, 1.807) is 7.11 Å². The van der Waals surface area contributed by atoms with Crippen molar-refractivity contribution in [1.29, 1.82) is 0 Å².